The summed E-state index contributed by atoms with van der Waals surface area (Å²) in [6.07, 6.45) is 0. The van der Waals surface area contributed by atoms with Gasteiger partial charge in [-0.25, -0.2) is 0 Å². The number of benzene rings is 1. The lowest BCUT2D eigenvalue weighted by atomic mass is 10.1. The first-order chi connectivity index (χ1) is 7.90. The molecule has 1 amide bonds. The Kier molecular flexibility index (Phi) is 3.92. The van der Waals surface area contributed by atoms with Crippen LogP contribution in [-0.4, -0.2) is 33.7 Å². The van der Waals surface area contributed by atoms with Gasteiger partial charge in [-0.1, -0.05) is 6.92 Å². The van der Waals surface area contributed by atoms with Gasteiger partial charge < -0.3 is 20.6 Å². The van der Waals surface area contributed by atoms with Crippen LogP contribution in [0.5, 0.6) is 11.5 Å². The number of phenolic OH excluding ortho intramolecular Hbond substituents is 2. The van der Waals surface area contributed by atoms with E-state index in [9.17, 15) is 19.8 Å². The smallest absolute Gasteiger partial charge is 0.308 e. The number of carboxylic acid groups (broad SMARTS) is 1. The molecule has 6 nitrogen and oxygen atoms in total. The van der Waals surface area contributed by atoms with E-state index >= 15 is 0 Å². The zero-order chi connectivity index (χ0) is 13.0. The van der Waals surface area contributed by atoms with Gasteiger partial charge >= 0.3 is 5.97 Å². The Labute approximate surface area is 97.5 Å². The number of aliphatic carboxylic acids is 1. The lowest BCUT2D eigenvalue weighted by Crippen LogP contribution is -2.31. The van der Waals surface area contributed by atoms with Crippen molar-refractivity contribution in [2.45, 2.75) is 6.92 Å². The molecule has 1 aromatic rings. The number of phenols is 2. The fraction of sp³-hybridized carbons (Fsp3) is 0.273. The summed E-state index contributed by atoms with van der Waals surface area (Å²) >= 11 is 0. The minimum absolute atomic E-state index is 0.0232. The normalized spacial score (nSPS) is 11.8. The summed E-state index contributed by atoms with van der Waals surface area (Å²) in [6.45, 7) is 1.44. The van der Waals surface area contributed by atoms with Crippen molar-refractivity contribution < 1.29 is 24.9 Å². The quantitative estimate of drug-likeness (QED) is 0.613. The minimum atomic E-state index is -1.01. The molecular formula is C11H13NO5. The maximum Gasteiger partial charge on any atom is 0.308 e. The Bertz CT molecular complexity index is 423. The molecule has 92 valence electrons. The van der Waals surface area contributed by atoms with Crippen LogP contribution in [0.15, 0.2) is 18.2 Å². The Balaban J connectivity index is 2.67. The molecule has 0 aliphatic heterocycles. The van der Waals surface area contributed by atoms with Gasteiger partial charge in [0.25, 0.3) is 5.91 Å². The molecule has 0 saturated carbocycles. The molecule has 1 unspecified atom stereocenters. The van der Waals surface area contributed by atoms with E-state index in [1.165, 1.54) is 19.1 Å². The predicted molar refractivity (Wildman–Crippen MR) is 58.9 cm³/mol. The third kappa shape index (κ3) is 3.67. The molecule has 0 heterocycles. The molecule has 1 atom stereocenters. The highest BCUT2D eigenvalue weighted by molar-refractivity contribution is 5.95. The number of hydrogen-bond donors (Lipinski definition) is 4. The van der Waals surface area contributed by atoms with Gasteiger partial charge in [-0.3, -0.25) is 9.59 Å². The van der Waals surface area contributed by atoms with Crippen molar-refractivity contribution in [3.8, 4) is 11.5 Å². The SMILES string of the molecule is CC(CNC(=O)c1cc(O)cc(O)c1)C(=O)O. The second kappa shape index (κ2) is 5.20. The first kappa shape index (κ1) is 12.8. The number of carbonyl (C=O) groups is 2. The van der Waals surface area contributed by atoms with Crippen LogP contribution in [0, 0.1) is 5.92 Å². The largest absolute Gasteiger partial charge is 0.508 e. The van der Waals surface area contributed by atoms with Gasteiger partial charge in [0, 0.05) is 18.2 Å². The third-order valence-corrected chi connectivity index (χ3v) is 2.16. The summed E-state index contributed by atoms with van der Waals surface area (Å²) in [6, 6.07) is 3.46. The first-order valence-corrected chi connectivity index (χ1v) is 4.94. The summed E-state index contributed by atoms with van der Waals surface area (Å²) in [7, 11) is 0. The number of nitrogens with one attached hydrogen (secondary N) is 1. The predicted octanol–water partition coefficient (Wildman–Crippen LogP) is 0.548. The Morgan fingerprint density at radius 3 is 2.24 bits per heavy atom. The molecule has 0 spiro atoms. The summed E-state index contributed by atoms with van der Waals surface area (Å²) in [5.74, 6) is -2.74. The van der Waals surface area contributed by atoms with Crippen molar-refractivity contribution in [1.82, 2.24) is 5.32 Å². The highest BCUT2D eigenvalue weighted by Gasteiger charge is 2.13. The fourth-order valence-electron chi connectivity index (χ4n) is 1.16. The van der Waals surface area contributed by atoms with Crippen LogP contribution in [0.3, 0.4) is 0 Å². The summed E-state index contributed by atoms with van der Waals surface area (Å²) in [4.78, 5) is 22.1. The number of rotatable bonds is 4. The molecule has 4 N–H and O–H groups in total. The number of carboxylic acids is 1. The lowest BCUT2D eigenvalue weighted by molar-refractivity contribution is -0.140. The van der Waals surface area contributed by atoms with Gasteiger partial charge in [0.2, 0.25) is 0 Å². The Morgan fingerprint density at radius 2 is 1.76 bits per heavy atom. The van der Waals surface area contributed by atoms with Gasteiger partial charge in [-0.05, 0) is 12.1 Å². The zero-order valence-corrected chi connectivity index (χ0v) is 9.17. The molecule has 0 aliphatic carbocycles. The van der Waals surface area contributed by atoms with E-state index in [2.05, 4.69) is 5.32 Å². The molecule has 17 heavy (non-hydrogen) atoms. The van der Waals surface area contributed by atoms with Crippen LogP contribution >= 0.6 is 0 Å². The van der Waals surface area contributed by atoms with E-state index in [-0.39, 0.29) is 23.6 Å². The van der Waals surface area contributed by atoms with Crippen LogP contribution in [0.2, 0.25) is 0 Å². The Morgan fingerprint density at radius 1 is 1.24 bits per heavy atom. The van der Waals surface area contributed by atoms with Gasteiger partial charge in [-0.2, -0.15) is 0 Å². The topological polar surface area (TPSA) is 107 Å². The van der Waals surface area contributed by atoms with E-state index in [4.69, 9.17) is 5.11 Å². The van der Waals surface area contributed by atoms with Gasteiger partial charge in [-0.15, -0.1) is 0 Å². The number of carbonyl (C=O) groups excluding carboxylic acids is 1. The van der Waals surface area contributed by atoms with Crippen LogP contribution < -0.4 is 5.32 Å². The summed E-state index contributed by atoms with van der Waals surface area (Å²) in [5.41, 5.74) is 0.0695. The van der Waals surface area contributed by atoms with Crippen LogP contribution in [-0.2, 0) is 4.79 Å². The number of aromatic hydroxyl groups is 2. The Hall–Kier alpha value is -2.24. The first-order valence-electron chi connectivity index (χ1n) is 4.94. The average molecular weight is 239 g/mol. The van der Waals surface area contributed by atoms with E-state index in [0.717, 1.165) is 6.07 Å². The van der Waals surface area contributed by atoms with Gasteiger partial charge in [0.15, 0.2) is 0 Å². The van der Waals surface area contributed by atoms with E-state index < -0.39 is 17.8 Å². The van der Waals surface area contributed by atoms with Crippen molar-refractivity contribution >= 4 is 11.9 Å². The molecule has 6 heteroatoms. The molecule has 0 bridgehead atoms. The highest BCUT2D eigenvalue weighted by Crippen LogP contribution is 2.20. The molecule has 0 radical (unpaired) electrons. The molecule has 0 aliphatic rings. The van der Waals surface area contributed by atoms with Crippen molar-refractivity contribution in [1.29, 1.82) is 0 Å². The van der Waals surface area contributed by atoms with Crippen molar-refractivity contribution in [3.05, 3.63) is 23.8 Å². The second-order valence-electron chi connectivity index (χ2n) is 3.69. The lowest BCUT2D eigenvalue weighted by Gasteiger charge is -2.08. The van der Waals surface area contributed by atoms with Crippen molar-refractivity contribution in [2.24, 2.45) is 5.92 Å². The van der Waals surface area contributed by atoms with E-state index in [1.807, 2.05) is 0 Å². The monoisotopic (exact) mass is 239 g/mol. The van der Waals surface area contributed by atoms with E-state index in [0.29, 0.717) is 0 Å². The van der Waals surface area contributed by atoms with E-state index in [1.54, 1.807) is 0 Å². The fourth-order valence-corrected chi connectivity index (χ4v) is 1.16. The van der Waals surface area contributed by atoms with Gasteiger partial charge in [0.05, 0.1) is 5.92 Å². The summed E-state index contributed by atoms with van der Waals surface area (Å²) in [5, 5.41) is 29.4. The third-order valence-electron chi connectivity index (χ3n) is 2.16. The maximum absolute atomic E-state index is 11.5. The second-order valence-corrected chi connectivity index (χ2v) is 3.69. The molecule has 1 aromatic carbocycles. The zero-order valence-electron chi connectivity index (χ0n) is 9.17. The minimum Gasteiger partial charge on any atom is -0.508 e. The molecule has 0 aromatic heterocycles. The number of amides is 1. The highest BCUT2D eigenvalue weighted by atomic mass is 16.4. The number of hydrogen-bond acceptors (Lipinski definition) is 4. The molecule has 0 fully saturated rings. The standard InChI is InChI=1S/C11H13NO5/c1-6(11(16)17)5-12-10(15)7-2-8(13)4-9(14)3-7/h2-4,6,13-14H,5H2,1H3,(H,12,15)(H,16,17). The molecule has 1 rings (SSSR count). The van der Waals surface area contributed by atoms with Crippen molar-refractivity contribution in [2.75, 3.05) is 6.54 Å². The molecule has 0 saturated heterocycles. The van der Waals surface area contributed by atoms with Crippen molar-refractivity contribution in [3.63, 3.8) is 0 Å². The molecular weight excluding hydrogens is 226 g/mol. The van der Waals surface area contributed by atoms with Gasteiger partial charge in [0.1, 0.15) is 11.5 Å². The van der Waals surface area contributed by atoms with Crippen LogP contribution in [0.1, 0.15) is 17.3 Å². The van der Waals surface area contributed by atoms with Crippen LogP contribution in [0.25, 0.3) is 0 Å². The van der Waals surface area contributed by atoms with Crippen LogP contribution in [0.4, 0.5) is 0 Å². The summed E-state index contributed by atoms with van der Waals surface area (Å²) < 4.78 is 0. The maximum atomic E-state index is 11.5. The average Bonchev–Trinajstić information content (AvgIpc) is 2.23.